The molecule has 0 aliphatic carbocycles. The molecule has 1 aromatic heterocycles. The van der Waals surface area contributed by atoms with Crippen LogP contribution in [0.1, 0.15) is 24.2 Å². The summed E-state index contributed by atoms with van der Waals surface area (Å²) < 4.78 is 10.9. The summed E-state index contributed by atoms with van der Waals surface area (Å²) in [6.07, 6.45) is 0.913. The number of anilines is 1. The molecule has 140 valence electrons. The molecule has 0 saturated heterocycles. The van der Waals surface area contributed by atoms with E-state index in [9.17, 15) is 5.11 Å². The fourth-order valence-electron chi connectivity index (χ4n) is 2.60. The van der Waals surface area contributed by atoms with Gasteiger partial charge in [-0.2, -0.15) is 4.98 Å². The predicted molar refractivity (Wildman–Crippen MR) is 104 cm³/mol. The lowest BCUT2D eigenvalue weighted by molar-refractivity contribution is 0.160. The van der Waals surface area contributed by atoms with Crippen LogP contribution in [0.3, 0.4) is 0 Å². The molecule has 6 heteroatoms. The standard InChI is InChI=1S/C21H23N3O3/c1-15(20(25)17-8-10-18(26-2)11-9-17)23-21-22-13-12-19(24-21)27-14-16-6-4-3-5-7-16/h3-13,15,20,25H,14H2,1-2H3,(H,22,23,24)/t15-,20+/m0/s1. The van der Waals surface area contributed by atoms with Crippen LogP contribution >= 0.6 is 0 Å². The number of nitrogens with one attached hydrogen (secondary N) is 1. The molecule has 2 atom stereocenters. The monoisotopic (exact) mass is 365 g/mol. The van der Waals surface area contributed by atoms with Crippen LogP contribution in [0.15, 0.2) is 66.9 Å². The van der Waals surface area contributed by atoms with Gasteiger partial charge in [0.25, 0.3) is 0 Å². The SMILES string of the molecule is COc1ccc([C@H](O)[C@H](C)Nc2nccc(OCc3ccccc3)n2)cc1. The van der Waals surface area contributed by atoms with Gasteiger partial charge in [-0.3, -0.25) is 0 Å². The summed E-state index contributed by atoms with van der Waals surface area (Å²) in [5.41, 5.74) is 1.85. The largest absolute Gasteiger partial charge is 0.497 e. The maximum absolute atomic E-state index is 10.5. The van der Waals surface area contributed by atoms with Crippen LogP contribution in [0.4, 0.5) is 5.95 Å². The molecule has 0 fully saturated rings. The van der Waals surface area contributed by atoms with Gasteiger partial charge in [0, 0.05) is 12.3 Å². The lowest BCUT2D eigenvalue weighted by Gasteiger charge is -2.21. The Balaban J connectivity index is 1.60. The van der Waals surface area contributed by atoms with Gasteiger partial charge in [0.1, 0.15) is 12.4 Å². The van der Waals surface area contributed by atoms with Gasteiger partial charge in [-0.1, -0.05) is 42.5 Å². The number of ether oxygens (including phenoxy) is 2. The summed E-state index contributed by atoms with van der Waals surface area (Å²) in [4.78, 5) is 8.56. The zero-order chi connectivity index (χ0) is 19.1. The molecule has 0 unspecified atom stereocenters. The van der Waals surface area contributed by atoms with Gasteiger partial charge >= 0.3 is 0 Å². The average Bonchev–Trinajstić information content (AvgIpc) is 2.73. The molecule has 0 bridgehead atoms. The second-order valence-electron chi connectivity index (χ2n) is 6.14. The molecule has 0 aliphatic heterocycles. The van der Waals surface area contributed by atoms with E-state index in [0.717, 1.165) is 16.9 Å². The third kappa shape index (κ3) is 5.18. The first-order chi connectivity index (χ1) is 13.2. The third-order valence-electron chi connectivity index (χ3n) is 4.15. The van der Waals surface area contributed by atoms with Gasteiger partial charge in [-0.15, -0.1) is 0 Å². The van der Waals surface area contributed by atoms with E-state index in [1.54, 1.807) is 19.4 Å². The summed E-state index contributed by atoms with van der Waals surface area (Å²) in [5, 5.41) is 13.7. The summed E-state index contributed by atoms with van der Waals surface area (Å²) in [5.74, 6) is 1.63. The molecule has 0 aliphatic rings. The Morgan fingerprint density at radius 3 is 2.48 bits per heavy atom. The number of aliphatic hydroxyl groups excluding tert-OH is 1. The highest BCUT2D eigenvalue weighted by molar-refractivity contribution is 5.33. The minimum Gasteiger partial charge on any atom is -0.497 e. The van der Waals surface area contributed by atoms with E-state index in [1.165, 1.54) is 0 Å². The lowest BCUT2D eigenvalue weighted by Crippen LogP contribution is -2.25. The van der Waals surface area contributed by atoms with Crippen molar-refractivity contribution >= 4 is 5.95 Å². The highest BCUT2D eigenvalue weighted by Crippen LogP contribution is 2.22. The number of methoxy groups -OCH3 is 1. The predicted octanol–water partition coefficient (Wildman–Crippen LogP) is 3.60. The summed E-state index contributed by atoms with van der Waals surface area (Å²) in [6, 6.07) is 18.6. The number of hydrogen-bond acceptors (Lipinski definition) is 6. The van der Waals surface area contributed by atoms with E-state index in [0.29, 0.717) is 18.4 Å². The normalized spacial score (nSPS) is 12.9. The average molecular weight is 365 g/mol. The first-order valence-electron chi connectivity index (χ1n) is 8.74. The molecule has 0 spiro atoms. The number of nitrogens with zero attached hydrogens (tertiary/aromatic N) is 2. The van der Waals surface area contributed by atoms with Gasteiger partial charge in [-0.25, -0.2) is 4.98 Å². The van der Waals surface area contributed by atoms with Crippen molar-refractivity contribution in [2.24, 2.45) is 0 Å². The van der Waals surface area contributed by atoms with Crippen LogP contribution in [0.5, 0.6) is 11.6 Å². The Bertz CT molecular complexity index is 841. The lowest BCUT2D eigenvalue weighted by atomic mass is 10.0. The van der Waals surface area contributed by atoms with Crippen LogP contribution < -0.4 is 14.8 Å². The molecule has 27 heavy (non-hydrogen) atoms. The van der Waals surface area contributed by atoms with Crippen molar-refractivity contribution in [3.8, 4) is 11.6 Å². The quantitative estimate of drug-likeness (QED) is 0.635. The Morgan fingerprint density at radius 1 is 1.04 bits per heavy atom. The van der Waals surface area contributed by atoms with Crippen LogP contribution in [-0.4, -0.2) is 28.2 Å². The molecule has 0 radical (unpaired) electrons. The fraction of sp³-hybridized carbons (Fsp3) is 0.238. The second kappa shape index (κ2) is 9.00. The molecule has 3 rings (SSSR count). The van der Waals surface area contributed by atoms with E-state index in [2.05, 4.69) is 15.3 Å². The van der Waals surface area contributed by atoms with Gasteiger partial charge < -0.3 is 19.9 Å². The minimum absolute atomic E-state index is 0.289. The van der Waals surface area contributed by atoms with Gasteiger partial charge in [0.2, 0.25) is 11.8 Å². The molecular weight excluding hydrogens is 342 g/mol. The van der Waals surface area contributed by atoms with E-state index < -0.39 is 6.10 Å². The van der Waals surface area contributed by atoms with Crippen LogP contribution in [-0.2, 0) is 6.61 Å². The highest BCUT2D eigenvalue weighted by atomic mass is 16.5. The maximum Gasteiger partial charge on any atom is 0.226 e. The Hall–Kier alpha value is -3.12. The van der Waals surface area contributed by atoms with E-state index >= 15 is 0 Å². The van der Waals surface area contributed by atoms with Crippen molar-refractivity contribution in [1.82, 2.24) is 9.97 Å². The Morgan fingerprint density at radius 2 is 1.78 bits per heavy atom. The van der Waals surface area contributed by atoms with Crippen molar-refractivity contribution in [3.05, 3.63) is 78.0 Å². The van der Waals surface area contributed by atoms with Crippen molar-refractivity contribution < 1.29 is 14.6 Å². The minimum atomic E-state index is -0.714. The molecule has 2 N–H and O–H groups in total. The first kappa shape index (κ1) is 18.7. The molecule has 2 aromatic carbocycles. The van der Waals surface area contributed by atoms with Crippen molar-refractivity contribution in [2.45, 2.75) is 25.7 Å². The van der Waals surface area contributed by atoms with Crippen molar-refractivity contribution in [3.63, 3.8) is 0 Å². The van der Waals surface area contributed by atoms with E-state index in [1.807, 2.05) is 61.5 Å². The number of rotatable bonds is 8. The number of aliphatic hydroxyl groups is 1. The molecule has 1 heterocycles. The highest BCUT2D eigenvalue weighted by Gasteiger charge is 2.17. The second-order valence-corrected chi connectivity index (χ2v) is 6.14. The summed E-state index contributed by atoms with van der Waals surface area (Å²) in [6.45, 7) is 2.30. The van der Waals surface area contributed by atoms with E-state index in [-0.39, 0.29) is 6.04 Å². The summed E-state index contributed by atoms with van der Waals surface area (Å²) >= 11 is 0. The number of aromatic nitrogens is 2. The number of hydrogen-bond donors (Lipinski definition) is 2. The maximum atomic E-state index is 10.5. The Kier molecular flexibility index (Phi) is 6.22. The van der Waals surface area contributed by atoms with Gasteiger partial charge in [-0.05, 0) is 30.2 Å². The Labute approximate surface area is 158 Å². The van der Waals surface area contributed by atoms with E-state index in [4.69, 9.17) is 9.47 Å². The van der Waals surface area contributed by atoms with Crippen LogP contribution in [0.2, 0.25) is 0 Å². The fourth-order valence-corrected chi connectivity index (χ4v) is 2.60. The summed E-state index contributed by atoms with van der Waals surface area (Å²) in [7, 11) is 1.61. The first-order valence-corrected chi connectivity index (χ1v) is 8.74. The van der Waals surface area contributed by atoms with Crippen LogP contribution in [0.25, 0.3) is 0 Å². The molecule has 3 aromatic rings. The topological polar surface area (TPSA) is 76.5 Å². The van der Waals surface area contributed by atoms with Crippen molar-refractivity contribution in [2.75, 3.05) is 12.4 Å². The third-order valence-corrected chi connectivity index (χ3v) is 4.15. The zero-order valence-corrected chi connectivity index (χ0v) is 15.4. The van der Waals surface area contributed by atoms with Gasteiger partial charge in [0.05, 0.1) is 19.3 Å². The van der Waals surface area contributed by atoms with Crippen molar-refractivity contribution in [1.29, 1.82) is 0 Å². The smallest absolute Gasteiger partial charge is 0.226 e. The van der Waals surface area contributed by atoms with Gasteiger partial charge in [0.15, 0.2) is 0 Å². The number of benzene rings is 2. The molecule has 6 nitrogen and oxygen atoms in total. The molecular formula is C21H23N3O3. The molecule has 0 saturated carbocycles. The molecule has 0 amide bonds. The zero-order valence-electron chi connectivity index (χ0n) is 15.4. The van der Waals surface area contributed by atoms with Crippen LogP contribution in [0, 0.1) is 0 Å².